The molecule has 19 heavy (non-hydrogen) atoms. The predicted octanol–water partition coefficient (Wildman–Crippen LogP) is 2.24. The number of ether oxygens (including phenoxy) is 2. The molecule has 1 aromatic rings. The van der Waals surface area contributed by atoms with Gasteiger partial charge in [-0.2, -0.15) is 0 Å². The molecular formula is C15H21NO3. The summed E-state index contributed by atoms with van der Waals surface area (Å²) in [6.07, 6.45) is 1.31. The van der Waals surface area contributed by atoms with Gasteiger partial charge in [-0.3, -0.25) is 4.79 Å². The first-order valence-corrected chi connectivity index (χ1v) is 6.85. The number of hydrogen-bond acceptors (Lipinski definition) is 3. The highest BCUT2D eigenvalue weighted by atomic mass is 16.5. The fraction of sp³-hybridized carbons (Fsp3) is 0.533. The lowest BCUT2D eigenvalue weighted by Gasteiger charge is -2.28. The van der Waals surface area contributed by atoms with Crippen molar-refractivity contribution in [1.29, 1.82) is 0 Å². The maximum Gasteiger partial charge on any atom is 0.229 e. The van der Waals surface area contributed by atoms with Crippen LogP contribution in [0.3, 0.4) is 0 Å². The van der Waals surface area contributed by atoms with Gasteiger partial charge < -0.3 is 14.4 Å². The van der Waals surface area contributed by atoms with Gasteiger partial charge in [0.1, 0.15) is 0 Å². The molecule has 4 nitrogen and oxygen atoms in total. The van der Waals surface area contributed by atoms with Crippen LogP contribution in [0.2, 0.25) is 0 Å². The van der Waals surface area contributed by atoms with E-state index in [0.29, 0.717) is 26.2 Å². The Labute approximate surface area is 114 Å². The zero-order valence-electron chi connectivity index (χ0n) is 11.4. The van der Waals surface area contributed by atoms with E-state index in [1.165, 1.54) is 0 Å². The standard InChI is InChI=1S/C15H21NO3/c1-2-18-11-9-15(17)16(14-8-10-19-12-14)13-6-4-3-5-7-13/h3-7,14H,2,8-12H2,1H3. The van der Waals surface area contributed by atoms with E-state index in [-0.39, 0.29) is 11.9 Å². The van der Waals surface area contributed by atoms with Crippen LogP contribution < -0.4 is 4.90 Å². The van der Waals surface area contributed by atoms with E-state index in [2.05, 4.69) is 0 Å². The average molecular weight is 263 g/mol. The van der Waals surface area contributed by atoms with Crippen LogP contribution in [0.25, 0.3) is 0 Å². The number of rotatable bonds is 6. The third kappa shape index (κ3) is 3.78. The number of carbonyl (C=O) groups excluding carboxylic acids is 1. The molecule has 0 aliphatic carbocycles. The highest BCUT2D eigenvalue weighted by Gasteiger charge is 2.28. The van der Waals surface area contributed by atoms with Gasteiger partial charge in [-0.1, -0.05) is 18.2 Å². The minimum absolute atomic E-state index is 0.107. The summed E-state index contributed by atoms with van der Waals surface area (Å²) in [5.74, 6) is 0.107. The second kappa shape index (κ2) is 7.26. The lowest BCUT2D eigenvalue weighted by Crippen LogP contribution is -2.41. The molecular weight excluding hydrogens is 242 g/mol. The van der Waals surface area contributed by atoms with Crippen LogP contribution in [0.1, 0.15) is 19.8 Å². The largest absolute Gasteiger partial charge is 0.381 e. The van der Waals surface area contributed by atoms with Gasteiger partial charge in [0, 0.05) is 18.9 Å². The van der Waals surface area contributed by atoms with Crippen molar-refractivity contribution in [2.45, 2.75) is 25.8 Å². The fourth-order valence-corrected chi connectivity index (χ4v) is 2.30. The predicted molar refractivity (Wildman–Crippen MR) is 74.3 cm³/mol. The molecule has 0 aromatic heterocycles. The Morgan fingerprint density at radius 1 is 1.42 bits per heavy atom. The molecule has 0 bridgehead atoms. The maximum absolute atomic E-state index is 12.4. The van der Waals surface area contributed by atoms with Crippen molar-refractivity contribution in [3.63, 3.8) is 0 Å². The van der Waals surface area contributed by atoms with Crippen LogP contribution in [-0.4, -0.2) is 38.4 Å². The highest BCUT2D eigenvalue weighted by Crippen LogP contribution is 2.22. The van der Waals surface area contributed by atoms with Crippen molar-refractivity contribution in [3.8, 4) is 0 Å². The van der Waals surface area contributed by atoms with Gasteiger partial charge in [-0.25, -0.2) is 0 Å². The smallest absolute Gasteiger partial charge is 0.229 e. The molecule has 1 atom stereocenters. The van der Waals surface area contributed by atoms with E-state index in [1.54, 1.807) is 0 Å². The van der Waals surface area contributed by atoms with E-state index >= 15 is 0 Å². The van der Waals surface area contributed by atoms with Crippen LogP contribution in [-0.2, 0) is 14.3 Å². The van der Waals surface area contributed by atoms with Crippen molar-refractivity contribution >= 4 is 11.6 Å². The van der Waals surface area contributed by atoms with E-state index in [4.69, 9.17) is 9.47 Å². The second-order valence-corrected chi connectivity index (χ2v) is 4.56. The molecule has 1 aromatic carbocycles. The van der Waals surface area contributed by atoms with Crippen molar-refractivity contribution in [2.75, 3.05) is 31.3 Å². The summed E-state index contributed by atoms with van der Waals surface area (Å²) in [5.41, 5.74) is 0.944. The minimum atomic E-state index is 0.107. The molecule has 1 unspecified atom stereocenters. The third-order valence-corrected chi connectivity index (χ3v) is 3.24. The van der Waals surface area contributed by atoms with E-state index < -0.39 is 0 Å². The minimum Gasteiger partial charge on any atom is -0.381 e. The van der Waals surface area contributed by atoms with Gasteiger partial charge >= 0.3 is 0 Å². The molecule has 0 spiro atoms. The van der Waals surface area contributed by atoms with Crippen LogP contribution in [0.15, 0.2) is 30.3 Å². The topological polar surface area (TPSA) is 38.8 Å². The number of hydrogen-bond donors (Lipinski definition) is 0. The Morgan fingerprint density at radius 3 is 2.84 bits per heavy atom. The Hall–Kier alpha value is -1.39. The normalized spacial score (nSPS) is 18.5. The van der Waals surface area contributed by atoms with Gasteiger partial charge in [0.05, 0.1) is 25.7 Å². The lowest BCUT2D eigenvalue weighted by molar-refractivity contribution is -0.120. The number of amides is 1. The van der Waals surface area contributed by atoms with Gasteiger partial charge in [-0.15, -0.1) is 0 Å². The molecule has 0 saturated carbocycles. The Morgan fingerprint density at radius 2 is 2.21 bits per heavy atom. The van der Waals surface area contributed by atoms with Crippen molar-refractivity contribution < 1.29 is 14.3 Å². The third-order valence-electron chi connectivity index (χ3n) is 3.24. The summed E-state index contributed by atoms with van der Waals surface area (Å²) >= 11 is 0. The highest BCUT2D eigenvalue weighted by molar-refractivity contribution is 5.94. The second-order valence-electron chi connectivity index (χ2n) is 4.56. The summed E-state index contributed by atoms with van der Waals surface area (Å²) in [5, 5.41) is 0. The molecule has 1 heterocycles. The summed E-state index contributed by atoms with van der Waals surface area (Å²) in [6.45, 7) is 4.41. The van der Waals surface area contributed by atoms with E-state index in [9.17, 15) is 4.79 Å². The van der Waals surface area contributed by atoms with Gasteiger partial charge in [0.15, 0.2) is 0 Å². The van der Waals surface area contributed by atoms with Crippen LogP contribution >= 0.6 is 0 Å². The van der Waals surface area contributed by atoms with Crippen molar-refractivity contribution in [2.24, 2.45) is 0 Å². The number of nitrogens with zero attached hydrogens (tertiary/aromatic N) is 1. The Kier molecular flexibility index (Phi) is 5.36. The van der Waals surface area contributed by atoms with Crippen LogP contribution in [0.4, 0.5) is 5.69 Å². The molecule has 1 fully saturated rings. The Balaban J connectivity index is 2.07. The molecule has 2 rings (SSSR count). The molecule has 1 amide bonds. The fourth-order valence-electron chi connectivity index (χ4n) is 2.30. The van der Waals surface area contributed by atoms with Gasteiger partial charge in [0.25, 0.3) is 0 Å². The Bertz CT molecular complexity index is 388. The molecule has 0 N–H and O–H groups in total. The lowest BCUT2D eigenvalue weighted by atomic mass is 10.1. The first-order chi connectivity index (χ1) is 9.33. The number of anilines is 1. The quantitative estimate of drug-likeness (QED) is 0.739. The summed E-state index contributed by atoms with van der Waals surface area (Å²) in [4.78, 5) is 14.3. The zero-order valence-corrected chi connectivity index (χ0v) is 11.4. The maximum atomic E-state index is 12.4. The molecule has 104 valence electrons. The summed E-state index contributed by atoms with van der Waals surface area (Å²) in [6, 6.07) is 9.95. The van der Waals surface area contributed by atoms with Crippen molar-refractivity contribution in [1.82, 2.24) is 0 Å². The number of para-hydroxylation sites is 1. The van der Waals surface area contributed by atoms with Gasteiger partial charge in [0.2, 0.25) is 5.91 Å². The van der Waals surface area contributed by atoms with E-state index in [0.717, 1.165) is 18.7 Å². The first-order valence-electron chi connectivity index (χ1n) is 6.85. The number of benzene rings is 1. The summed E-state index contributed by atoms with van der Waals surface area (Å²) < 4.78 is 10.7. The SMILES string of the molecule is CCOCCC(=O)N(c1ccccc1)C1CCOC1. The molecule has 4 heteroatoms. The van der Waals surface area contributed by atoms with Gasteiger partial charge in [-0.05, 0) is 25.5 Å². The number of carbonyl (C=O) groups is 1. The van der Waals surface area contributed by atoms with Crippen molar-refractivity contribution in [3.05, 3.63) is 30.3 Å². The molecule has 1 saturated heterocycles. The molecule has 1 aliphatic rings. The van der Waals surface area contributed by atoms with E-state index in [1.807, 2.05) is 42.2 Å². The molecule has 1 aliphatic heterocycles. The zero-order chi connectivity index (χ0) is 13.5. The average Bonchev–Trinajstić information content (AvgIpc) is 2.94. The van der Waals surface area contributed by atoms with Crippen LogP contribution in [0.5, 0.6) is 0 Å². The first kappa shape index (κ1) is 14.0. The molecule has 0 radical (unpaired) electrons. The monoisotopic (exact) mass is 263 g/mol. The van der Waals surface area contributed by atoms with Crippen LogP contribution in [0, 0.1) is 0 Å². The summed E-state index contributed by atoms with van der Waals surface area (Å²) in [7, 11) is 0.